The second-order valence-corrected chi connectivity index (χ2v) is 3.93. The van der Waals surface area contributed by atoms with E-state index < -0.39 is 0 Å². The summed E-state index contributed by atoms with van der Waals surface area (Å²) in [6, 6.07) is 5.04. The molecule has 15 heavy (non-hydrogen) atoms. The largest absolute Gasteiger partial charge is 0.398 e. The van der Waals surface area contributed by atoms with Crippen LogP contribution in [-0.4, -0.2) is 11.9 Å². The molecule has 0 saturated carbocycles. The zero-order chi connectivity index (χ0) is 11.4. The van der Waals surface area contributed by atoms with E-state index in [4.69, 9.17) is 17.3 Å². The molecule has 82 valence electrons. The first-order valence-electron chi connectivity index (χ1n) is 4.90. The average Bonchev–Trinajstić information content (AvgIpc) is 2.21. The highest BCUT2D eigenvalue weighted by Gasteiger charge is 2.09. The summed E-state index contributed by atoms with van der Waals surface area (Å²) in [5.41, 5.74) is 6.57. The minimum absolute atomic E-state index is 0.119. The van der Waals surface area contributed by atoms with Gasteiger partial charge in [0, 0.05) is 11.6 Å². The van der Waals surface area contributed by atoms with Gasteiger partial charge in [-0.05, 0) is 31.5 Å². The fourth-order valence-corrected chi connectivity index (χ4v) is 1.26. The summed E-state index contributed by atoms with van der Waals surface area (Å²) in [7, 11) is 0. The first-order chi connectivity index (χ1) is 7.04. The van der Waals surface area contributed by atoms with Crippen LogP contribution in [0, 0.1) is 0 Å². The van der Waals surface area contributed by atoms with Gasteiger partial charge in [-0.3, -0.25) is 4.79 Å². The molecule has 1 amide bonds. The maximum Gasteiger partial charge on any atom is 0.251 e. The van der Waals surface area contributed by atoms with E-state index in [1.165, 1.54) is 0 Å². The number of nitrogen functional groups attached to an aromatic ring is 1. The van der Waals surface area contributed by atoms with Crippen LogP contribution < -0.4 is 11.1 Å². The van der Waals surface area contributed by atoms with Gasteiger partial charge in [0.2, 0.25) is 0 Å². The Morgan fingerprint density at radius 2 is 2.27 bits per heavy atom. The third-order valence-corrected chi connectivity index (χ3v) is 2.58. The quantitative estimate of drug-likeness (QED) is 0.778. The van der Waals surface area contributed by atoms with Gasteiger partial charge in [-0.25, -0.2) is 0 Å². The molecule has 0 fully saturated rings. The monoisotopic (exact) mass is 226 g/mol. The molecular weight excluding hydrogens is 212 g/mol. The Labute approximate surface area is 94.6 Å². The van der Waals surface area contributed by atoms with Crippen LogP contribution in [0.25, 0.3) is 0 Å². The van der Waals surface area contributed by atoms with Gasteiger partial charge in [0.1, 0.15) is 0 Å². The van der Waals surface area contributed by atoms with Crippen molar-refractivity contribution in [3.8, 4) is 0 Å². The Balaban J connectivity index is 2.78. The van der Waals surface area contributed by atoms with Crippen molar-refractivity contribution in [1.82, 2.24) is 5.32 Å². The highest BCUT2D eigenvalue weighted by atomic mass is 35.5. The second kappa shape index (κ2) is 5.03. The highest BCUT2D eigenvalue weighted by molar-refractivity contribution is 6.33. The molecular formula is C11H15ClN2O. The minimum Gasteiger partial charge on any atom is -0.398 e. The van der Waals surface area contributed by atoms with E-state index in [0.29, 0.717) is 16.3 Å². The number of hydrogen-bond donors (Lipinski definition) is 2. The van der Waals surface area contributed by atoms with E-state index in [1.54, 1.807) is 18.2 Å². The highest BCUT2D eigenvalue weighted by Crippen LogP contribution is 2.19. The number of carbonyl (C=O) groups excluding carboxylic acids is 1. The lowest BCUT2D eigenvalue weighted by Crippen LogP contribution is -2.31. The number of rotatable bonds is 3. The summed E-state index contributed by atoms with van der Waals surface area (Å²) in [4.78, 5) is 11.7. The molecule has 4 heteroatoms. The number of benzene rings is 1. The fourth-order valence-electron chi connectivity index (χ4n) is 1.08. The van der Waals surface area contributed by atoms with Gasteiger partial charge in [-0.15, -0.1) is 0 Å². The second-order valence-electron chi connectivity index (χ2n) is 3.52. The van der Waals surface area contributed by atoms with Crippen molar-refractivity contribution >= 4 is 23.2 Å². The van der Waals surface area contributed by atoms with Crippen LogP contribution >= 0.6 is 11.6 Å². The van der Waals surface area contributed by atoms with E-state index in [9.17, 15) is 4.79 Å². The maximum absolute atomic E-state index is 11.7. The molecule has 0 spiro atoms. The smallest absolute Gasteiger partial charge is 0.251 e. The Morgan fingerprint density at radius 3 is 2.80 bits per heavy atom. The molecule has 1 aromatic carbocycles. The number of nitrogens with one attached hydrogen (secondary N) is 1. The number of anilines is 1. The molecule has 0 aliphatic carbocycles. The summed E-state index contributed by atoms with van der Waals surface area (Å²) in [5.74, 6) is -0.119. The van der Waals surface area contributed by atoms with E-state index >= 15 is 0 Å². The van der Waals surface area contributed by atoms with Gasteiger partial charge in [0.15, 0.2) is 0 Å². The molecule has 1 unspecified atom stereocenters. The molecule has 0 heterocycles. The van der Waals surface area contributed by atoms with Gasteiger partial charge in [-0.1, -0.05) is 18.5 Å². The maximum atomic E-state index is 11.7. The Bertz CT molecular complexity index is 366. The molecule has 0 saturated heterocycles. The summed E-state index contributed by atoms with van der Waals surface area (Å²) < 4.78 is 0. The molecule has 1 atom stereocenters. The van der Waals surface area contributed by atoms with Crippen molar-refractivity contribution in [3.05, 3.63) is 28.8 Å². The molecule has 3 N–H and O–H groups in total. The van der Waals surface area contributed by atoms with E-state index in [2.05, 4.69) is 5.32 Å². The molecule has 0 radical (unpaired) electrons. The standard InChI is InChI=1S/C11H15ClN2O/c1-3-7(2)14-11(15)8-4-5-10(13)9(12)6-8/h4-7H,3,13H2,1-2H3,(H,14,15). The van der Waals surface area contributed by atoms with E-state index in [1.807, 2.05) is 13.8 Å². The Morgan fingerprint density at radius 1 is 1.60 bits per heavy atom. The number of hydrogen-bond acceptors (Lipinski definition) is 2. The lowest BCUT2D eigenvalue weighted by molar-refractivity contribution is 0.0939. The number of nitrogens with two attached hydrogens (primary N) is 1. The van der Waals surface area contributed by atoms with Crippen LogP contribution in [0.2, 0.25) is 5.02 Å². The average molecular weight is 227 g/mol. The lowest BCUT2D eigenvalue weighted by Gasteiger charge is -2.11. The van der Waals surface area contributed by atoms with E-state index in [0.717, 1.165) is 6.42 Å². The van der Waals surface area contributed by atoms with Crippen LogP contribution in [0.15, 0.2) is 18.2 Å². The normalized spacial score (nSPS) is 12.2. The van der Waals surface area contributed by atoms with Crippen LogP contribution in [-0.2, 0) is 0 Å². The summed E-state index contributed by atoms with van der Waals surface area (Å²) in [6.07, 6.45) is 0.897. The lowest BCUT2D eigenvalue weighted by atomic mass is 10.1. The summed E-state index contributed by atoms with van der Waals surface area (Å²) >= 11 is 5.82. The SMILES string of the molecule is CCC(C)NC(=O)c1ccc(N)c(Cl)c1. The van der Waals surface area contributed by atoms with Gasteiger partial charge in [0.25, 0.3) is 5.91 Å². The topological polar surface area (TPSA) is 55.1 Å². The van der Waals surface area contributed by atoms with Crippen LogP contribution in [0.4, 0.5) is 5.69 Å². The van der Waals surface area contributed by atoms with Crippen molar-refractivity contribution in [2.45, 2.75) is 26.3 Å². The Hall–Kier alpha value is -1.22. The van der Waals surface area contributed by atoms with Crippen molar-refractivity contribution in [1.29, 1.82) is 0 Å². The molecule has 0 aromatic heterocycles. The minimum atomic E-state index is -0.119. The zero-order valence-corrected chi connectivity index (χ0v) is 9.64. The van der Waals surface area contributed by atoms with E-state index in [-0.39, 0.29) is 11.9 Å². The molecule has 0 bridgehead atoms. The number of carbonyl (C=O) groups is 1. The predicted octanol–water partition coefficient (Wildman–Crippen LogP) is 2.45. The van der Waals surface area contributed by atoms with Gasteiger partial charge in [0.05, 0.1) is 10.7 Å². The molecule has 1 rings (SSSR count). The third-order valence-electron chi connectivity index (χ3n) is 2.25. The van der Waals surface area contributed by atoms with Gasteiger partial charge < -0.3 is 11.1 Å². The fraction of sp³-hybridized carbons (Fsp3) is 0.364. The third kappa shape index (κ3) is 3.13. The van der Waals surface area contributed by atoms with Crippen LogP contribution in [0.5, 0.6) is 0 Å². The van der Waals surface area contributed by atoms with Crippen molar-refractivity contribution in [2.75, 3.05) is 5.73 Å². The van der Waals surface area contributed by atoms with Gasteiger partial charge in [-0.2, -0.15) is 0 Å². The summed E-state index contributed by atoms with van der Waals surface area (Å²) in [5, 5.41) is 3.26. The van der Waals surface area contributed by atoms with Crippen LogP contribution in [0.3, 0.4) is 0 Å². The summed E-state index contributed by atoms with van der Waals surface area (Å²) in [6.45, 7) is 3.97. The van der Waals surface area contributed by atoms with Crippen molar-refractivity contribution < 1.29 is 4.79 Å². The molecule has 0 aliphatic rings. The van der Waals surface area contributed by atoms with Crippen molar-refractivity contribution in [3.63, 3.8) is 0 Å². The molecule has 1 aromatic rings. The molecule has 3 nitrogen and oxygen atoms in total. The van der Waals surface area contributed by atoms with Crippen LogP contribution in [0.1, 0.15) is 30.6 Å². The van der Waals surface area contributed by atoms with Crippen molar-refractivity contribution in [2.24, 2.45) is 0 Å². The number of amides is 1. The zero-order valence-electron chi connectivity index (χ0n) is 8.88. The predicted molar refractivity (Wildman–Crippen MR) is 63.1 cm³/mol. The first-order valence-corrected chi connectivity index (χ1v) is 5.28. The van der Waals surface area contributed by atoms with Gasteiger partial charge >= 0.3 is 0 Å². The molecule has 0 aliphatic heterocycles. The number of halogens is 1. The first kappa shape index (κ1) is 11.9. The Kier molecular flexibility index (Phi) is 3.97.